The number of hydrogen-bond donors (Lipinski definition) is 1. The molecule has 4 heteroatoms. The molecule has 0 radical (unpaired) electrons. The number of hydrogen-bond acceptors (Lipinski definition) is 3. The Hall–Kier alpha value is -2.02. The van der Waals surface area contributed by atoms with Crippen molar-refractivity contribution in [3.05, 3.63) is 29.8 Å². The molecule has 0 aromatic heterocycles. The molecule has 1 N–H and O–H groups in total. The zero-order valence-corrected chi connectivity index (χ0v) is 11.2. The molecule has 1 fully saturated rings. The van der Waals surface area contributed by atoms with Crippen molar-refractivity contribution in [1.29, 1.82) is 5.26 Å². The molecule has 0 spiro atoms. The molecule has 1 unspecified atom stereocenters. The molecule has 100 valence electrons. The van der Waals surface area contributed by atoms with Crippen LogP contribution in [0.5, 0.6) is 0 Å². The maximum Gasteiger partial charge on any atom is 0.207 e. The molecule has 1 aliphatic heterocycles. The van der Waals surface area contributed by atoms with E-state index >= 15 is 0 Å². The molecule has 1 heterocycles. The minimum Gasteiger partial charge on any atom is -0.370 e. The number of benzene rings is 1. The third-order valence-electron chi connectivity index (χ3n) is 3.91. The summed E-state index contributed by atoms with van der Waals surface area (Å²) in [6.07, 6.45) is 1.81. The normalized spacial score (nSPS) is 22.6. The van der Waals surface area contributed by atoms with E-state index in [4.69, 9.17) is 5.26 Å². The van der Waals surface area contributed by atoms with Crippen molar-refractivity contribution in [2.24, 2.45) is 11.8 Å². The first-order valence-electron chi connectivity index (χ1n) is 6.67. The lowest BCUT2D eigenvalue weighted by atomic mass is 9.86. The maximum atomic E-state index is 10.4. The quantitative estimate of drug-likeness (QED) is 0.836. The molecule has 1 aromatic carbocycles. The van der Waals surface area contributed by atoms with Gasteiger partial charge in [-0.1, -0.05) is 19.1 Å². The standard InChI is InChI=1S/C15H19N3O/c1-12-10-18(7-6-14(12)9-17-11-19)15-5-3-2-4-13(15)8-16/h2-5,11-12,14H,6-7,9-10H2,1H3,(H,17,19)/t12-,14?/m1/s1. The molecule has 19 heavy (non-hydrogen) atoms. The first-order chi connectivity index (χ1) is 9.26. The number of anilines is 1. The Morgan fingerprint density at radius 3 is 3.00 bits per heavy atom. The van der Waals surface area contributed by atoms with Crippen LogP contribution in [0.4, 0.5) is 5.69 Å². The predicted octanol–water partition coefficient (Wildman–Crippen LogP) is 1.77. The van der Waals surface area contributed by atoms with Crippen LogP contribution in [-0.2, 0) is 4.79 Å². The monoisotopic (exact) mass is 257 g/mol. The number of rotatable bonds is 4. The number of para-hydroxylation sites is 1. The molecule has 1 amide bonds. The second-order valence-corrected chi connectivity index (χ2v) is 5.13. The van der Waals surface area contributed by atoms with Crippen molar-refractivity contribution < 1.29 is 4.79 Å². The van der Waals surface area contributed by atoms with Gasteiger partial charge in [-0.2, -0.15) is 5.26 Å². The fraction of sp³-hybridized carbons (Fsp3) is 0.467. The van der Waals surface area contributed by atoms with Crippen LogP contribution < -0.4 is 10.2 Å². The SMILES string of the molecule is C[C@@H]1CN(c2ccccc2C#N)CCC1CNC=O. The zero-order chi connectivity index (χ0) is 13.7. The van der Waals surface area contributed by atoms with Crippen LogP contribution in [0.1, 0.15) is 18.9 Å². The van der Waals surface area contributed by atoms with E-state index in [1.54, 1.807) is 0 Å². The van der Waals surface area contributed by atoms with Crippen LogP contribution in [0, 0.1) is 23.2 Å². The third kappa shape index (κ3) is 3.05. The summed E-state index contributed by atoms with van der Waals surface area (Å²) in [4.78, 5) is 12.6. The van der Waals surface area contributed by atoms with Crippen LogP contribution >= 0.6 is 0 Å². The van der Waals surface area contributed by atoms with Gasteiger partial charge < -0.3 is 10.2 Å². The van der Waals surface area contributed by atoms with Crippen LogP contribution in [-0.4, -0.2) is 26.0 Å². The van der Waals surface area contributed by atoms with Crippen LogP contribution in [0.15, 0.2) is 24.3 Å². The fourth-order valence-corrected chi connectivity index (χ4v) is 2.76. The van der Waals surface area contributed by atoms with Gasteiger partial charge in [-0.25, -0.2) is 0 Å². The van der Waals surface area contributed by atoms with E-state index in [2.05, 4.69) is 23.2 Å². The van der Waals surface area contributed by atoms with Crippen LogP contribution in [0.25, 0.3) is 0 Å². The van der Waals surface area contributed by atoms with E-state index in [-0.39, 0.29) is 0 Å². The van der Waals surface area contributed by atoms with E-state index < -0.39 is 0 Å². The van der Waals surface area contributed by atoms with Crippen molar-refractivity contribution in [3.8, 4) is 6.07 Å². The molecular formula is C15H19N3O. The van der Waals surface area contributed by atoms with E-state index in [0.717, 1.165) is 43.7 Å². The summed E-state index contributed by atoms with van der Waals surface area (Å²) in [5.41, 5.74) is 1.76. The highest BCUT2D eigenvalue weighted by atomic mass is 16.1. The Labute approximate surface area is 114 Å². The highest BCUT2D eigenvalue weighted by Crippen LogP contribution is 2.28. The van der Waals surface area contributed by atoms with Crippen molar-refractivity contribution in [3.63, 3.8) is 0 Å². The highest BCUT2D eigenvalue weighted by molar-refractivity contribution is 5.59. The van der Waals surface area contributed by atoms with Gasteiger partial charge >= 0.3 is 0 Å². The topological polar surface area (TPSA) is 56.1 Å². The Balaban J connectivity index is 2.05. The van der Waals surface area contributed by atoms with Crippen molar-refractivity contribution >= 4 is 12.1 Å². The van der Waals surface area contributed by atoms with Gasteiger partial charge in [-0.05, 0) is 30.4 Å². The van der Waals surface area contributed by atoms with Crippen molar-refractivity contribution in [1.82, 2.24) is 5.32 Å². The molecule has 1 saturated heterocycles. The molecule has 4 nitrogen and oxygen atoms in total. The van der Waals surface area contributed by atoms with Crippen LogP contribution in [0.3, 0.4) is 0 Å². The Kier molecular flexibility index (Phi) is 4.40. The lowest BCUT2D eigenvalue weighted by Crippen LogP contribution is -2.42. The van der Waals surface area contributed by atoms with Crippen molar-refractivity contribution in [2.75, 3.05) is 24.5 Å². The Morgan fingerprint density at radius 1 is 1.53 bits per heavy atom. The van der Waals surface area contributed by atoms with Crippen LogP contribution in [0.2, 0.25) is 0 Å². The summed E-state index contributed by atoms with van der Waals surface area (Å²) in [6.45, 7) is 4.83. The second-order valence-electron chi connectivity index (χ2n) is 5.13. The van der Waals surface area contributed by atoms with Gasteiger partial charge in [0.1, 0.15) is 6.07 Å². The van der Waals surface area contributed by atoms with Gasteiger partial charge in [-0.3, -0.25) is 4.79 Å². The number of carbonyl (C=O) groups excluding carboxylic acids is 1. The average Bonchev–Trinajstić information content (AvgIpc) is 2.46. The first-order valence-corrected chi connectivity index (χ1v) is 6.67. The number of carbonyl (C=O) groups is 1. The van der Waals surface area contributed by atoms with E-state index in [1.807, 2.05) is 24.3 Å². The van der Waals surface area contributed by atoms with Crippen molar-refractivity contribution in [2.45, 2.75) is 13.3 Å². The highest BCUT2D eigenvalue weighted by Gasteiger charge is 2.26. The first kappa shape index (κ1) is 13.4. The number of nitrogens with one attached hydrogen (secondary N) is 1. The third-order valence-corrected chi connectivity index (χ3v) is 3.91. The maximum absolute atomic E-state index is 10.4. The number of piperidine rings is 1. The number of nitrogens with zero attached hydrogens (tertiary/aromatic N) is 2. The average molecular weight is 257 g/mol. The lowest BCUT2D eigenvalue weighted by Gasteiger charge is -2.38. The molecule has 0 saturated carbocycles. The predicted molar refractivity (Wildman–Crippen MR) is 74.7 cm³/mol. The fourth-order valence-electron chi connectivity index (χ4n) is 2.76. The summed E-state index contributed by atoms with van der Waals surface area (Å²) in [7, 11) is 0. The smallest absolute Gasteiger partial charge is 0.207 e. The van der Waals surface area contributed by atoms with Gasteiger partial charge in [-0.15, -0.1) is 0 Å². The molecule has 1 aliphatic rings. The summed E-state index contributed by atoms with van der Waals surface area (Å²) < 4.78 is 0. The molecule has 0 bridgehead atoms. The van der Waals surface area contributed by atoms with E-state index in [0.29, 0.717) is 11.8 Å². The van der Waals surface area contributed by atoms with Gasteiger partial charge in [0, 0.05) is 19.6 Å². The van der Waals surface area contributed by atoms with E-state index in [1.165, 1.54) is 0 Å². The second kappa shape index (κ2) is 6.24. The number of nitriles is 1. The molecule has 0 aliphatic carbocycles. The van der Waals surface area contributed by atoms with Gasteiger partial charge in [0.15, 0.2) is 0 Å². The summed E-state index contributed by atoms with van der Waals surface area (Å²) >= 11 is 0. The summed E-state index contributed by atoms with van der Waals surface area (Å²) in [5.74, 6) is 1.03. The molecule has 2 rings (SSSR count). The largest absolute Gasteiger partial charge is 0.370 e. The van der Waals surface area contributed by atoms with Gasteiger partial charge in [0.05, 0.1) is 11.3 Å². The summed E-state index contributed by atoms with van der Waals surface area (Å²) in [5, 5.41) is 11.9. The molecule has 1 aromatic rings. The molecule has 2 atom stereocenters. The minimum absolute atomic E-state index is 0.507. The Bertz CT molecular complexity index is 481. The zero-order valence-electron chi connectivity index (χ0n) is 11.2. The Morgan fingerprint density at radius 2 is 2.32 bits per heavy atom. The van der Waals surface area contributed by atoms with E-state index in [9.17, 15) is 4.79 Å². The molecular weight excluding hydrogens is 238 g/mol. The number of amides is 1. The van der Waals surface area contributed by atoms with Gasteiger partial charge in [0.25, 0.3) is 0 Å². The van der Waals surface area contributed by atoms with Gasteiger partial charge in [0.2, 0.25) is 6.41 Å². The lowest BCUT2D eigenvalue weighted by molar-refractivity contribution is -0.109. The minimum atomic E-state index is 0.507. The summed E-state index contributed by atoms with van der Waals surface area (Å²) in [6, 6.07) is 9.99.